The highest BCUT2D eigenvalue weighted by Crippen LogP contribution is 2.02. The Labute approximate surface area is 71.0 Å². The lowest BCUT2D eigenvalue weighted by Gasteiger charge is -1.92. The van der Waals surface area contributed by atoms with Crippen molar-refractivity contribution in [3.05, 3.63) is 24.3 Å². The fourth-order valence-corrected chi connectivity index (χ4v) is 0.949. The van der Waals surface area contributed by atoms with E-state index in [-0.39, 0.29) is 0 Å². The van der Waals surface area contributed by atoms with E-state index in [1.54, 1.807) is 0 Å². The summed E-state index contributed by atoms with van der Waals surface area (Å²) in [5, 5.41) is 0. The standard InChI is InChI=1S/C11H19/c1-3-5-7-9-11-10-8-6-4-2/h6,8,10H,3,5,7,9,11H2,1-2H3/b6-4?,10-8+. The van der Waals surface area contributed by atoms with Gasteiger partial charge in [-0.15, -0.1) is 0 Å². The number of allylic oxidation sites excluding steroid dienone is 4. The number of hydrogen-bond donors (Lipinski definition) is 0. The molecule has 0 nitrogen and oxygen atoms in total. The summed E-state index contributed by atoms with van der Waals surface area (Å²) in [6.07, 6.45) is 15.8. The van der Waals surface area contributed by atoms with Gasteiger partial charge in [-0.1, -0.05) is 44.4 Å². The average molecular weight is 151 g/mol. The Morgan fingerprint density at radius 3 is 2.64 bits per heavy atom. The fourth-order valence-electron chi connectivity index (χ4n) is 0.949. The first-order chi connectivity index (χ1) is 5.41. The van der Waals surface area contributed by atoms with Gasteiger partial charge < -0.3 is 0 Å². The summed E-state index contributed by atoms with van der Waals surface area (Å²) in [6, 6.07) is 0. The molecule has 0 aromatic heterocycles. The molecule has 0 aliphatic heterocycles. The fraction of sp³-hybridized carbons (Fsp3) is 0.636. The van der Waals surface area contributed by atoms with Crippen LogP contribution < -0.4 is 0 Å². The number of rotatable bonds is 6. The van der Waals surface area contributed by atoms with Crippen LogP contribution in [0.5, 0.6) is 0 Å². The van der Waals surface area contributed by atoms with Gasteiger partial charge in [-0.25, -0.2) is 0 Å². The van der Waals surface area contributed by atoms with Crippen molar-refractivity contribution >= 4 is 0 Å². The maximum absolute atomic E-state index is 2.96. The van der Waals surface area contributed by atoms with E-state index in [9.17, 15) is 0 Å². The van der Waals surface area contributed by atoms with Crippen molar-refractivity contribution in [2.24, 2.45) is 0 Å². The van der Waals surface area contributed by atoms with Gasteiger partial charge in [0.2, 0.25) is 0 Å². The van der Waals surface area contributed by atoms with Gasteiger partial charge in [0.15, 0.2) is 0 Å². The molecular formula is C11H19. The Bertz CT molecular complexity index is 109. The van der Waals surface area contributed by atoms with Gasteiger partial charge in [0.05, 0.1) is 0 Å². The quantitative estimate of drug-likeness (QED) is 0.399. The van der Waals surface area contributed by atoms with E-state index in [0.29, 0.717) is 0 Å². The molecule has 0 aromatic rings. The smallest absolute Gasteiger partial charge is 0.0348 e. The van der Waals surface area contributed by atoms with Crippen molar-refractivity contribution in [2.75, 3.05) is 0 Å². The topological polar surface area (TPSA) is 0 Å². The highest BCUT2D eigenvalue weighted by atomic mass is 13.9. The van der Waals surface area contributed by atoms with E-state index in [1.807, 2.05) is 13.0 Å². The van der Waals surface area contributed by atoms with Crippen molar-refractivity contribution in [3.8, 4) is 0 Å². The summed E-state index contributed by atoms with van der Waals surface area (Å²) in [5.74, 6) is 0. The summed E-state index contributed by atoms with van der Waals surface area (Å²) in [4.78, 5) is 0. The largest absolute Gasteiger partial charge is 0.0845 e. The molecule has 1 radical (unpaired) electrons. The van der Waals surface area contributed by atoms with Crippen LogP contribution in [0.1, 0.15) is 46.0 Å². The van der Waals surface area contributed by atoms with Crippen LogP contribution in [-0.4, -0.2) is 0 Å². The molecule has 0 atom stereocenters. The first-order valence-electron chi connectivity index (χ1n) is 4.57. The molecule has 0 N–H and O–H groups in total. The van der Waals surface area contributed by atoms with Crippen LogP contribution in [0, 0.1) is 6.08 Å². The maximum atomic E-state index is 2.96. The monoisotopic (exact) mass is 151 g/mol. The number of unbranched alkanes of at least 4 members (excludes halogenated alkanes) is 4. The molecule has 0 saturated carbocycles. The third-order valence-corrected chi connectivity index (χ3v) is 1.62. The van der Waals surface area contributed by atoms with Crippen LogP contribution in [0.4, 0.5) is 0 Å². The van der Waals surface area contributed by atoms with Crippen molar-refractivity contribution < 1.29 is 0 Å². The molecule has 0 aromatic carbocycles. The third kappa shape index (κ3) is 9.48. The molecule has 0 aliphatic carbocycles. The predicted octanol–water partition coefficient (Wildman–Crippen LogP) is 3.89. The van der Waals surface area contributed by atoms with Crippen molar-refractivity contribution in [3.63, 3.8) is 0 Å². The van der Waals surface area contributed by atoms with Crippen molar-refractivity contribution in [1.82, 2.24) is 0 Å². The van der Waals surface area contributed by atoms with Crippen LogP contribution in [0.25, 0.3) is 0 Å². The van der Waals surface area contributed by atoms with Crippen LogP contribution in [0.2, 0.25) is 0 Å². The zero-order chi connectivity index (χ0) is 8.36. The van der Waals surface area contributed by atoms with Gasteiger partial charge in [0.25, 0.3) is 0 Å². The Kier molecular flexibility index (Phi) is 9.03. The van der Waals surface area contributed by atoms with Crippen LogP contribution in [-0.2, 0) is 0 Å². The van der Waals surface area contributed by atoms with E-state index in [2.05, 4.69) is 25.2 Å². The molecule has 0 heteroatoms. The molecule has 0 amide bonds. The zero-order valence-electron chi connectivity index (χ0n) is 7.77. The van der Waals surface area contributed by atoms with E-state index in [0.717, 1.165) is 0 Å². The lowest BCUT2D eigenvalue weighted by Crippen LogP contribution is -1.72. The van der Waals surface area contributed by atoms with Crippen LogP contribution in [0.3, 0.4) is 0 Å². The Morgan fingerprint density at radius 2 is 2.00 bits per heavy atom. The molecule has 11 heavy (non-hydrogen) atoms. The predicted molar refractivity (Wildman–Crippen MR) is 51.4 cm³/mol. The van der Waals surface area contributed by atoms with E-state index in [4.69, 9.17) is 0 Å². The lowest BCUT2D eigenvalue weighted by molar-refractivity contribution is 0.674. The van der Waals surface area contributed by atoms with Crippen LogP contribution >= 0.6 is 0 Å². The maximum Gasteiger partial charge on any atom is -0.0348 e. The Hall–Kier alpha value is -0.520. The van der Waals surface area contributed by atoms with E-state index in [1.165, 1.54) is 32.1 Å². The molecule has 0 aliphatic rings. The molecule has 0 spiro atoms. The first-order valence-corrected chi connectivity index (χ1v) is 4.57. The van der Waals surface area contributed by atoms with Gasteiger partial charge in [-0.3, -0.25) is 0 Å². The van der Waals surface area contributed by atoms with Gasteiger partial charge in [-0.05, 0) is 25.8 Å². The Morgan fingerprint density at radius 1 is 1.18 bits per heavy atom. The van der Waals surface area contributed by atoms with E-state index < -0.39 is 0 Å². The molecule has 0 heterocycles. The lowest BCUT2D eigenvalue weighted by atomic mass is 10.1. The van der Waals surface area contributed by atoms with Crippen molar-refractivity contribution in [2.45, 2.75) is 46.0 Å². The Balaban J connectivity index is 3.01. The number of hydrogen-bond acceptors (Lipinski definition) is 0. The van der Waals surface area contributed by atoms with Gasteiger partial charge in [-0.2, -0.15) is 0 Å². The minimum absolute atomic E-state index is 1.22. The van der Waals surface area contributed by atoms with Crippen molar-refractivity contribution in [1.29, 1.82) is 0 Å². The minimum atomic E-state index is 1.22. The molecule has 63 valence electrons. The molecule has 0 unspecified atom stereocenters. The van der Waals surface area contributed by atoms with E-state index >= 15 is 0 Å². The van der Waals surface area contributed by atoms with Gasteiger partial charge >= 0.3 is 0 Å². The SMILES string of the molecule is C/[C]=C\C=C\CCCCCC. The second-order valence-corrected chi connectivity index (χ2v) is 2.73. The normalized spacial score (nSPS) is 11.8. The van der Waals surface area contributed by atoms with Gasteiger partial charge in [0.1, 0.15) is 0 Å². The summed E-state index contributed by atoms with van der Waals surface area (Å²) in [6.45, 7) is 4.16. The first kappa shape index (κ1) is 10.5. The second-order valence-electron chi connectivity index (χ2n) is 2.73. The third-order valence-electron chi connectivity index (χ3n) is 1.62. The summed E-state index contributed by atoms with van der Waals surface area (Å²) in [5.41, 5.74) is 0. The molecule has 0 rings (SSSR count). The molecular weight excluding hydrogens is 132 g/mol. The second kappa shape index (κ2) is 9.48. The highest BCUT2D eigenvalue weighted by molar-refractivity contribution is 4.97. The molecule has 0 saturated heterocycles. The highest BCUT2D eigenvalue weighted by Gasteiger charge is 1.82. The average Bonchev–Trinajstić information content (AvgIpc) is 2.03. The summed E-state index contributed by atoms with van der Waals surface area (Å²) in [7, 11) is 0. The molecule has 0 fully saturated rings. The zero-order valence-corrected chi connectivity index (χ0v) is 7.77. The summed E-state index contributed by atoms with van der Waals surface area (Å²) >= 11 is 0. The van der Waals surface area contributed by atoms with Crippen LogP contribution in [0.15, 0.2) is 18.2 Å². The summed E-state index contributed by atoms with van der Waals surface area (Å²) < 4.78 is 0. The molecule has 0 bridgehead atoms. The minimum Gasteiger partial charge on any atom is -0.0845 e. The van der Waals surface area contributed by atoms with Gasteiger partial charge in [0, 0.05) is 0 Å².